The lowest BCUT2D eigenvalue weighted by atomic mass is 10.8. The molecular formula is C3H9NOSi. The highest BCUT2D eigenvalue weighted by Gasteiger charge is 1.90. The number of hydrogen-bond acceptors (Lipinski definition) is 2. The van der Waals surface area contributed by atoms with Crippen LogP contribution in [-0.4, -0.2) is 22.5 Å². The largest absolute Gasteiger partial charge is 0.419 e. The van der Waals surface area contributed by atoms with E-state index in [0.717, 1.165) is 0 Å². The Morgan fingerprint density at radius 2 is 2.33 bits per heavy atom. The molecule has 0 aromatic heterocycles. The molecular weight excluding hydrogens is 94.1 g/mol. The molecule has 6 heavy (non-hydrogen) atoms. The van der Waals surface area contributed by atoms with Crippen LogP contribution < -0.4 is 5.73 Å². The summed E-state index contributed by atoms with van der Waals surface area (Å²) in [6, 6.07) is 0. The van der Waals surface area contributed by atoms with Gasteiger partial charge in [-0.05, 0) is 0 Å². The Morgan fingerprint density at radius 3 is 2.33 bits per heavy atom. The van der Waals surface area contributed by atoms with Crippen LogP contribution >= 0.6 is 0 Å². The monoisotopic (exact) mass is 103 g/mol. The summed E-state index contributed by atoms with van der Waals surface area (Å²) in [6.45, 7) is 1.92. The van der Waals surface area contributed by atoms with Gasteiger partial charge in [-0.15, -0.1) is 0 Å². The van der Waals surface area contributed by atoms with Gasteiger partial charge in [0, 0.05) is 12.8 Å². The van der Waals surface area contributed by atoms with Gasteiger partial charge in [0.2, 0.25) is 9.76 Å². The maximum Gasteiger partial charge on any atom is 0.247 e. The fourth-order valence-electron chi connectivity index (χ4n) is 0.186. The first-order valence-electron chi connectivity index (χ1n) is 1.81. The Labute approximate surface area is 40.6 Å². The first kappa shape index (κ1) is 6.14. The third kappa shape index (κ3) is 4.14. The summed E-state index contributed by atoms with van der Waals surface area (Å²) >= 11 is 0. The van der Waals surface area contributed by atoms with Crippen molar-refractivity contribution >= 4 is 9.76 Å². The minimum atomic E-state index is 0.204. The predicted octanol–water partition coefficient (Wildman–Crippen LogP) is -0.443. The van der Waals surface area contributed by atoms with E-state index in [9.17, 15) is 0 Å². The molecule has 0 aliphatic rings. The van der Waals surface area contributed by atoms with E-state index in [0.29, 0.717) is 9.76 Å². The molecule has 3 heteroatoms. The molecule has 0 saturated heterocycles. The van der Waals surface area contributed by atoms with Crippen LogP contribution in [0.1, 0.15) is 6.92 Å². The van der Waals surface area contributed by atoms with Crippen LogP contribution in [0.25, 0.3) is 0 Å². The lowest BCUT2D eigenvalue weighted by Gasteiger charge is -1.95. The van der Waals surface area contributed by atoms with Gasteiger partial charge in [0.25, 0.3) is 0 Å². The summed E-state index contributed by atoms with van der Waals surface area (Å²) in [4.78, 5) is 0. The van der Waals surface area contributed by atoms with Gasteiger partial charge in [-0.2, -0.15) is 0 Å². The molecule has 0 bridgehead atoms. The SMILES string of the molecule is CO[Si]C(C)N. The highest BCUT2D eigenvalue weighted by molar-refractivity contribution is 6.29. The van der Waals surface area contributed by atoms with Crippen molar-refractivity contribution in [3.8, 4) is 0 Å². The molecule has 0 heterocycles. The van der Waals surface area contributed by atoms with Crippen molar-refractivity contribution in [2.24, 2.45) is 5.73 Å². The van der Waals surface area contributed by atoms with Crippen molar-refractivity contribution in [3.63, 3.8) is 0 Å². The fraction of sp³-hybridized carbons (Fsp3) is 1.00. The highest BCUT2D eigenvalue weighted by atomic mass is 28.2. The molecule has 0 aliphatic carbocycles. The highest BCUT2D eigenvalue weighted by Crippen LogP contribution is 1.66. The van der Waals surface area contributed by atoms with Crippen LogP contribution in [0.2, 0.25) is 0 Å². The zero-order valence-corrected chi connectivity index (χ0v) is 5.06. The first-order valence-corrected chi connectivity index (χ1v) is 2.80. The molecule has 0 saturated carbocycles. The van der Waals surface area contributed by atoms with Gasteiger partial charge in [-0.25, -0.2) is 0 Å². The fourth-order valence-corrected chi connectivity index (χ4v) is 0.558. The lowest BCUT2D eigenvalue weighted by Crippen LogP contribution is -2.24. The summed E-state index contributed by atoms with van der Waals surface area (Å²) in [5.41, 5.74) is 5.49. The summed E-state index contributed by atoms with van der Waals surface area (Å²) in [5, 5.41) is 0. The average molecular weight is 103 g/mol. The second-order valence-corrected chi connectivity index (χ2v) is 2.67. The summed E-state index contributed by atoms with van der Waals surface area (Å²) < 4.78 is 4.71. The van der Waals surface area contributed by atoms with Crippen molar-refractivity contribution in [2.75, 3.05) is 7.11 Å². The van der Waals surface area contributed by atoms with Gasteiger partial charge in [-0.3, -0.25) is 0 Å². The van der Waals surface area contributed by atoms with E-state index in [-0.39, 0.29) is 5.67 Å². The molecule has 0 aliphatic heterocycles. The van der Waals surface area contributed by atoms with Crippen molar-refractivity contribution in [1.29, 1.82) is 0 Å². The van der Waals surface area contributed by atoms with E-state index in [1.54, 1.807) is 7.11 Å². The van der Waals surface area contributed by atoms with Crippen molar-refractivity contribution in [3.05, 3.63) is 0 Å². The van der Waals surface area contributed by atoms with E-state index in [1.165, 1.54) is 0 Å². The zero-order valence-electron chi connectivity index (χ0n) is 4.06. The first-order chi connectivity index (χ1) is 2.77. The predicted molar refractivity (Wildman–Crippen MR) is 26.4 cm³/mol. The molecule has 1 unspecified atom stereocenters. The van der Waals surface area contributed by atoms with Crippen LogP contribution in [-0.2, 0) is 4.43 Å². The van der Waals surface area contributed by atoms with Crippen LogP contribution in [0.15, 0.2) is 0 Å². The van der Waals surface area contributed by atoms with Crippen LogP contribution in [0.5, 0.6) is 0 Å². The Morgan fingerprint density at radius 1 is 1.83 bits per heavy atom. The van der Waals surface area contributed by atoms with Crippen molar-refractivity contribution in [1.82, 2.24) is 0 Å². The van der Waals surface area contributed by atoms with Gasteiger partial charge >= 0.3 is 0 Å². The van der Waals surface area contributed by atoms with Crippen LogP contribution in [0.3, 0.4) is 0 Å². The van der Waals surface area contributed by atoms with E-state index in [4.69, 9.17) is 10.2 Å². The van der Waals surface area contributed by atoms with Gasteiger partial charge in [-0.1, -0.05) is 6.92 Å². The number of rotatable bonds is 2. The molecule has 36 valence electrons. The molecule has 1 atom stereocenters. The van der Waals surface area contributed by atoms with E-state index < -0.39 is 0 Å². The average Bonchev–Trinajstić information content (AvgIpc) is 1.35. The summed E-state index contributed by atoms with van der Waals surface area (Å²) in [5.74, 6) is 0. The quantitative estimate of drug-likeness (QED) is 0.481. The Kier molecular flexibility index (Phi) is 3.41. The molecule has 0 rings (SSSR count). The molecule has 2 radical (unpaired) electrons. The standard InChI is InChI=1S/C3H9NOSi/c1-3(4)6-5-2/h3H,4H2,1-2H3. The summed E-state index contributed by atoms with van der Waals surface area (Å²) in [7, 11) is 2.10. The third-order valence-corrected chi connectivity index (χ3v) is 0.911. The Bertz CT molecular complexity index is 32.0. The molecule has 2 nitrogen and oxygen atoms in total. The van der Waals surface area contributed by atoms with Gasteiger partial charge in [0.1, 0.15) is 0 Å². The zero-order chi connectivity index (χ0) is 4.99. The second kappa shape index (κ2) is 3.33. The minimum Gasteiger partial charge on any atom is -0.419 e. The molecule has 2 N–H and O–H groups in total. The maximum atomic E-state index is 5.29. The molecule has 0 aromatic rings. The van der Waals surface area contributed by atoms with E-state index in [1.807, 2.05) is 6.92 Å². The molecule has 0 amide bonds. The van der Waals surface area contributed by atoms with E-state index in [2.05, 4.69) is 0 Å². The lowest BCUT2D eigenvalue weighted by molar-refractivity contribution is 0.433. The van der Waals surface area contributed by atoms with Gasteiger partial charge in [0.15, 0.2) is 0 Å². The maximum absolute atomic E-state index is 5.29. The minimum absolute atomic E-state index is 0.204. The van der Waals surface area contributed by atoms with Crippen LogP contribution in [0, 0.1) is 0 Å². The van der Waals surface area contributed by atoms with Crippen LogP contribution in [0.4, 0.5) is 0 Å². The number of hydrogen-bond donors (Lipinski definition) is 1. The molecule has 0 spiro atoms. The smallest absolute Gasteiger partial charge is 0.247 e. The molecule has 0 fully saturated rings. The van der Waals surface area contributed by atoms with Gasteiger partial charge in [0.05, 0.1) is 0 Å². The molecule has 0 aromatic carbocycles. The number of nitrogens with two attached hydrogens (primary N) is 1. The topological polar surface area (TPSA) is 35.2 Å². The third-order valence-electron chi connectivity index (χ3n) is 0.304. The summed E-state index contributed by atoms with van der Waals surface area (Å²) in [6.07, 6.45) is 0. The second-order valence-electron chi connectivity index (χ2n) is 1.11. The van der Waals surface area contributed by atoms with Gasteiger partial charge < -0.3 is 10.2 Å². The van der Waals surface area contributed by atoms with Crippen molar-refractivity contribution in [2.45, 2.75) is 12.6 Å². The van der Waals surface area contributed by atoms with Crippen molar-refractivity contribution < 1.29 is 4.43 Å². The Balaban J connectivity index is 2.63. The van der Waals surface area contributed by atoms with E-state index >= 15 is 0 Å². The normalized spacial score (nSPS) is 14.5. The Hall–Kier alpha value is 0.137.